The van der Waals surface area contributed by atoms with E-state index in [0.29, 0.717) is 0 Å². The molecule has 0 radical (unpaired) electrons. The molecule has 0 unspecified atom stereocenters. The van der Waals surface area contributed by atoms with E-state index in [0.717, 1.165) is 17.7 Å². The summed E-state index contributed by atoms with van der Waals surface area (Å²) in [5.74, 6) is 0. The average molecular weight is 578 g/mol. The lowest BCUT2D eigenvalue weighted by Gasteiger charge is -2.11. The van der Waals surface area contributed by atoms with E-state index < -0.39 is 0 Å². The molecule has 45 heavy (non-hydrogen) atoms. The second kappa shape index (κ2) is 12.1. The van der Waals surface area contributed by atoms with Crippen LogP contribution in [0.5, 0.6) is 0 Å². The highest BCUT2D eigenvalue weighted by molar-refractivity contribution is 6.14. The Kier molecular flexibility index (Phi) is 7.59. The fourth-order valence-electron chi connectivity index (χ4n) is 6.59. The van der Waals surface area contributed by atoms with Crippen molar-refractivity contribution < 1.29 is 0 Å². The van der Waals surface area contributed by atoms with E-state index in [9.17, 15) is 0 Å². The number of hydrogen-bond acceptors (Lipinski definition) is 0. The molecule has 0 spiro atoms. The van der Waals surface area contributed by atoms with Crippen LogP contribution in [0.4, 0.5) is 0 Å². The van der Waals surface area contributed by atoms with Crippen molar-refractivity contribution in [1.29, 1.82) is 0 Å². The van der Waals surface area contributed by atoms with Gasteiger partial charge < -0.3 is 4.57 Å². The third kappa shape index (κ3) is 5.13. The predicted octanol–water partition coefficient (Wildman–Crippen LogP) is 12.2. The van der Waals surface area contributed by atoms with E-state index in [4.69, 9.17) is 0 Å². The zero-order valence-corrected chi connectivity index (χ0v) is 25.6. The van der Waals surface area contributed by atoms with Crippen molar-refractivity contribution >= 4 is 56.9 Å². The van der Waals surface area contributed by atoms with Gasteiger partial charge in [-0.2, -0.15) is 0 Å². The van der Waals surface area contributed by atoms with Gasteiger partial charge in [0.15, 0.2) is 0 Å². The van der Waals surface area contributed by atoms with Gasteiger partial charge in [-0.05, 0) is 87.3 Å². The Bertz CT molecular complexity index is 2260. The number of nitrogens with zero attached hydrogens (tertiary/aromatic N) is 1. The summed E-state index contributed by atoms with van der Waals surface area (Å²) in [6, 6.07) is 43.7. The molecule has 7 aromatic rings. The normalized spacial score (nSPS) is 11.8. The van der Waals surface area contributed by atoms with E-state index >= 15 is 0 Å². The SMILES string of the molecule is C=Cc1ccc2c(c1/C=C\Cc1ccc3c(C=C)c(/C=C\C)ccc3c1)c1ccccc1n2-c1ccc(-c2ccccc2)cc1. The summed E-state index contributed by atoms with van der Waals surface area (Å²) in [6.45, 7) is 10.3. The summed E-state index contributed by atoms with van der Waals surface area (Å²) in [6.07, 6.45) is 13.5. The Morgan fingerprint density at radius 2 is 1.36 bits per heavy atom. The molecule has 6 aromatic carbocycles. The van der Waals surface area contributed by atoms with Crippen LogP contribution < -0.4 is 0 Å². The standard InChI is InChI=1S/C44H35N/c1-4-13-35-21-22-36-30-31(20-28-39(36)38(35)6-3)14-12-18-40-32(5-2)25-29-43-44(40)41-17-10-11-19-42(41)45(43)37-26-23-34(24-27-37)33-15-8-7-9-16-33/h4-13,15-30H,2-3,14H2,1H3/b13-4-,18-12-. The van der Waals surface area contributed by atoms with Crippen LogP contribution in [0.1, 0.15) is 34.7 Å². The highest BCUT2D eigenvalue weighted by Gasteiger charge is 2.16. The van der Waals surface area contributed by atoms with E-state index in [1.54, 1.807) is 0 Å². The third-order valence-electron chi connectivity index (χ3n) is 8.71. The van der Waals surface area contributed by atoms with Gasteiger partial charge >= 0.3 is 0 Å². The van der Waals surface area contributed by atoms with Crippen LogP contribution in [0.2, 0.25) is 0 Å². The highest BCUT2D eigenvalue weighted by atomic mass is 15.0. The number of benzene rings is 6. The lowest BCUT2D eigenvalue weighted by Crippen LogP contribution is -1.94. The van der Waals surface area contributed by atoms with Crippen LogP contribution in [0.25, 0.3) is 73.7 Å². The first-order chi connectivity index (χ1) is 22.2. The van der Waals surface area contributed by atoms with Gasteiger partial charge in [0.05, 0.1) is 11.0 Å². The van der Waals surface area contributed by atoms with E-state index in [-0.39, 0.29) is 0 Å². The summed E-state index contributed by atoms with van der Waals surface area (Å²) >= 11 is 0. The summed E-state index contributed by atoms with van der Waals surface area (Å²) in [4.78, 5) is 0. The number of rotatable bonds is 8. The van der Waals surface area contributed by atoms with Gasteiger partial charge in [0, 0.05) is 16.5 Å². The number of hydrogen-bond donors (Lipinski definition) is 0. The molecule has 1 aromatic heterocycles. The van der Waals surface area contributed by atoms with E-state index in [1.165, 1.54) is 66.0 Å². The minimum absolute atomic E-state index is 0.836. The molecule has 7 rings (SSSR count). The molecular formula is C44H35N. The lowest BCUT2D eigenvalue weighted by molar-refractivity contribution is 1.18. The molecule has 1 nitrogen and oxygen atoms in total. The minimum Gasteiger partial charge on any atom is -0.309 e. The van der Waals surface area contributed by atoms with Crippen molar-refractivity contribution in [2.75, 3.05) is 0 Å². The molecule has 1 heterocycles. The summed E-state index contributed by atoms with van der Waals surface area (Å²) in [5.41, 5.74) is 12.0. The van der Waals surface area contributed by atoms with Gasteiger partial charge in [0.25, 0.3) is 0 Å². The van der Waals surface area contributed by atoms with E-state index in [1.807, 2.05) is 19.1 Å². The Labute approximate surface area is 265 Å². The number of para-hydroxylation sites is 1. The van der Waals surface area contributed by atoms with Gasteiger partial charge in [0.2, 0.25) is 0 Å². The molecule has 0 aliphatic rings. The molecule has 0 saturated heterocycles. The van der Waals surface area contributed by atoms with Gasteiger partial charge in [-0.1, -0.05) is 147 Å². The maximum absolute atomic E-state index is 4.17. The van der Waals surface area contributed by atoms with Crippen LogP contribution in [0, 0.1) is 0 Å². The first-order valence-electron chi connectivity index (χ1n) is 15.5. The Morgan fingerprint density at radius 1 is 0.600 bits per heavy atom. The Morgan fingerprint density at radius 3 is 2.13 bits per heavy atom. The average Bonchev–Trinajstić information content (AvgIpc) is 3.43. The quantitative estimate of drug-likeness (QED) is 0.169. The highest BCUT2D eigenvalue weighted by Crippen LogP contribution is 2.37. The summed E-state index contributed by atoms with van der Waals surface area (Å²) in [5, 5.41) is 4.95. The van der Waals surface area contributed by atoms with E-state index in [2.05, 4.69) is 163 Å². The Balaban J connectivity index is 1.29. The molecule has 0 fully saturated rings. The van der Waals surface area contributed by atoms with Gasteiger partial charge in [0.1, 0.15) is 0 Å². The third-order valence-corrected chi connectivity index (χ3v) is 8.71. The lowest BCUT2D eigenvalue weighted by atomic mass is 9.96. The fraction of sp³-hybridized carbons (Fsp3) is 0.0455. The van der Waals surface area contributed by atoms with Gasteiger partial charge in [-0.25, -0.2) is 0 Å². The second-order valence-corrected chi connectivity index (χ2v) is 11.4. The Hall–Kier alpha value is -5.66. The van der Waals surface area contributed by atoms with Crippen molar-refractivity contribution in [2.45, 2.75) is 13.3 Å². The zero-order valence-electron chi connectivity index (χ0n) is 25.6. The topological polar surface area (TPSA) is 4.93 Å². The summed E-state index contributed by atoms with van der Waals surface area (Å²) < 4.78 is 2.38. The summed E-state index contributed by atoms with van der Waals surface area (Å²) in [7, 11) is 0. The first kappa shape index (κ1) is 28.1. The van der Waals surface area contributed by atoms with Crippen LogP contribution in [-0.2, 0) is 6.42 Å². The maximum Gasteiger partial charge on any atom is 0.0547 e. The fourth-order valence-corrected chi connectivity index (χ4v) is 6.59. The molecule has 0 aliphatic heterocycles. The first-order valence-corrected chi connectivity index (χ1v) is 15.5. The van der Waals surface area contributed by atoms with Crippen molar-refractivity contribution in [2.24, 2.45) is 0 Å². The zero-order chi connectivity index (χ0) is 30.8. The number of fused-ring (bicyclic) bond motifs is 4. The monoisotopic (exact) mass is 577 g/mol. The smallest absolute Gasteiger partial charge is 0.0547 e. The largest absolute Gasteiger partial charge is 0.309 e. The van der Waals surface area contributed by atoms with Crippen LogP contribution >= 0.6 is 0 Å². The second-order valence-electron chi connectivity index (χ2n) is 11.4. The van der Waals surface area contributed by atoms with Gasteiger partial charge in [-0.3, -0.25) is 0 Å². The van der Waals surface area contributed by atoms with Crippen molar-refractivity contribution in [3.05, 3.63) is 174 Å². The molecule has 0 atom stereocenters. The molecule has 0 amide bonds. The van der Waals surface area contributed by atoms with Crippen LogP contribution in [-0.4, -0.2) is 4.57 Å². The maximum atomic E-state index is 4.17. The number of aromatic nitrogens is 1. The predicted molar refractivity (Wildman–Crippen MR) is 198 cm³/mol. The van der Waals surface area contributed by atoms with Gasteiger partial charge in [-0.15, -0.1) is 0 Å². The minimum atomic E-state index is 0.836. The molecule has 0 aliphatic carbocycles. The molecule has 0 N–H and O–H groups in total. The molecule has 216 valence electrons. The number of allylic oxidation sites excluding steroid dienone is 2. The van der Waals surface area contributed by atoms with Crippen LogP contribution in [0.15, 0.2) is 147 Å². The molecule has 1 heteroatoms. The molecular weight excluding hydrogens is 542 g/mol. The molecule has 0 bridgehead atoms. The van der Waals surface area contributed by atoms with Crippen molar-refractivity contribution in [3.63, 3.8) is 0 Å². The molecule has 0 saturated carbocycles. The van der Waals surface area contributed by atoms with Crippen molar-refractivity contribution in [1.82, 2.24) is 4.57 Å². The van der Waals surface area contributed by atoms with Crippen molar-refractivity contribution in [3.8, 4) is 16.8 Å². The van der Waals surface area contributed by atoms with Crippen LogP contribution in [0.3, 0.4) is 0 Å².